The van der Waals surface area contributed by atoms with Crippen molar-refractivity contribution in [2.24, 2.45) is 0 Å². The van der Waals surface area contributed by atoms with Crippen molar-refractivity contribution in [2.45, 2.75) is 19.9 Å². The lowest BCUT2D eigenvalue weighted by Gasteiger charge is -2.13. The van der Waals surface area contributed by atoms with E-state index in [1.165, 1.54) is 12.3 Å². The molecule has 2 aromatic heterocycles. The molecule has 0 unspecified atom stereocenters. The predicted octanol–water partition coefficient (Wildman–Crippen LogP) is 3.52. The summed E-state index contributed by atoms with van der Waals surface area (Å²) < 4.78 is 15.8. The lowest BCUT2D eigenvalue weighted by molar-refractivity contribution is 0.473. The molecule has 0 spiro atoms. The van der Waals surface area contributed by atoms with Crippen molar-refractivity contribution in [1.82, 2.24) is 14.5 Å². The molecule has 0 radical (unpaired) electrons. The quantitative estimate of drug-likeness (QED) is 0.775. The van der Waals surface area contributed by atoms with Crippen LogP contribution in [0.15, 0.2) is 36.7 Å². The summed E-state index contributed by atoms with van der Waals surface area (Å²) in [5, 5.41) is 9.56. The highest BCUT2D eigenvalue weighted by Gasteiger charge is 2.17. The van der Waals surface area contributed by atoms with E-state index in [0.29, 0.717) is 16.9 Å². The maximum Gasteiger partial charge on any atom is 0.151 e. The summed E-state index contributed by atoms with van der Waals surface area (Å²) in [6.45, 7) is 4.01. The third kappa shape index (κ3) is 1.91. The third-order valence-corrected chi connectivity index (χ3v) is 3.17. The monoisotopic (exact) mass is 271 g/mol. The molecule has 0 aliphatic heterocycles. The first-order valence-corrected chi connectivity index (χ1v) is 6.39. The van der Waals surface area contributed by atoms with Crippen LogP contribution in [0.5, 0.6) is 5.75 Å². The van der Waals surface area contributed by atoms with Crippen LogP contribution in [-0.4, -0.2) is 19.6 Å². The summed E-state index contributed by atoms with van der Waals surface area (Å²) in [6.07, 6.45) is 2.96. The van der Waals surface area contributed by atoms with Crippen molar-refractivity contribution < 1.29 is 9.50 Å². The molecule has 0 bridgehead atoms. The van der Waals surface area contributed by atoms with Gasteiger partial charge in [-0.05, 0) is 32.0 Å². The molecule has 102 valence electrons. The van der Waals surface area contributed by atoms with Gasteiger partial charge in [0.1, 0.15) is 17.1 Å². The largest absolute Gasteiger partial charge is 0.506 e. The SMILES string of the molecule is CC(C)n1c(-c2cncc(O)c2)nc2c(F)cccc21. The average Bonchev–Trinajstić information content (AvgIpc) is 2.79. The average molecular weight is 271 g/mol. The number of aromatic hydroxyl groups is 1. The Labute approximate surface area is 115 Å². The van der Waals surface area contributed by atoms with Gasteiger partial charge in [-0.15, -0.1) is 0 Å². The second-order valence-corrected chi connectivity index (χ2v) is 4.94. The minimum atomic E-state index is -0.351. The molecule has 0 aliphatic rings. The second kappa shape index (κ2) is 4.59. The van der Waals surface area contributed by atoms with Crippen molar-refractivity contribution in [3.8, 4) is 17.1 Å². The van der Waals surface area contributed by atoms with Crippen LogP contribution in [0.25, 0.3) is 22.4 Å². The van der Waals surface area contributed by atoms with E-state index in [1.807, 2.05) is 24.5 Å². The first kappa shape index (κ1) is 12.6. The molecule has 0 fully saturated rings. The summed E-state index contributed by atoms with van der Waals surface area (Å²) in [7, 11) is 0. The van der Waals surface area contributed by atoms with Crippen LogP contribution in [0.4, 0.5) is 4.39 Å². The van der Waals surface area contributed by atoms with Crippen LogP contribution in [0.3, 0.4) is 0 Å². The first-order chi connectivity index (χ1) is 9.58. The van der Waals surface area contributed by atoms with Crippen LogP contribution in [-0.2, 0) is 0 Å². The fourth-order valence-electron chi connectivity index (χ4n) is 2.36. The van der Waals surface area contributed by atoms with Gasteiger partial charge < -0.3 is 9.67 Å². The van der Waals surface area contributed by atoms with E-state index in [9.17, 15) is 9.50 Å². The highest BCUT2D eigenvalue weighted by Crippen LogP contribution is 2.30. The summed E-state index contributed by atoms with van der Waals surface area (Å²) in [4.78, 5) is 8.34. The zero-order chi connectivity index (χ0) is 14.3. The number of rotatable bonds is 2. The van der Waals surface area contributed by atoms with Crippen molar-refractivity contribution in [2.75, 3.05) is 0 Å². The van der Waals surface area contributed by atoms with Crippen LogP contribution >= 0.6 is 0 Å². The van der Waals surface area contributed by atoms with Gasteiger partial charge in [-0.1, -0.05) is 6.07 Å². The molecule has 0 aliphatic carbocycles. The summed E-state index contributed by atoms with van der Waals surface area (Å²) in [5.74, 6) is 0.310. The number of halogens is 1. The highest BCUT2D eigenvalue weighted by atomic mass is 19.1. The molecular formula is C15H14FN3O. The fourth-order valence-corrected chi connectivity index (χ4v) is 2.36. The Bertz CT molecular complexity index is 780. The Kier molecular flexibility index (Phi) is 2.89. The predicted molar refractivity (Wildman–Crippen MR) is 75.0 cm³/mol. The van der Waals surface area contributed by atoms with Gasteiger partial charge in [-0.25, -0.2) is 9.37 Å². The van der Waals surface area contributed by atoms with Gasteiger partial charge in [0.2, 0.25) is 0 Å². The molecule has 5 heteroatoms. The van der Waals surface area contributed by atoms with E-state index < -0.39 is 0 Å². The highest BCUT2D eigenvalue weighted by molar-refractivity contribution is 5.81. The number of para-hydroxylation sites is 1. The maximum atomic E-state index is 13.9. The number of pyridine rings is 1. The van der Waals surface area contributed by atoms with Gasteiger partial charge in [0.05, 0.1) is 11.7 Å². The Morgan fingerprint density at radius 2 is 2.05 bits per heavy atom. The maximum absolute atomic E-state index is 13.9. The number of benzene rings is 1. The Balaban J connectivity index is 2.35. The zero-order valence-electron chi connectivity index (χ0n) is 11.2. The minimum absolute atomic E-state index is 0.0605. The number of imidazole rings is 1. The van der Waals surface area contributed by atoms with Crippen molar-refractivity contribution in [1.29, 1.82) is 0 Å². The van der Waals surface area contributed by atoms with Crippen molar-refractivity contribution in [3.05, 3.63) is 42.5 Å². The third-order valence-electron chi connectivity index (χ3n) is 3.17. The van der Waals surface area contributed by atoms with Crippen LogP contribution in [0, 0.1) is 5.82 Å². The van der Waals surface area contributed by atoms with Gasteiger partial charge in [-0.2, -0.15) is 0 Å². The Morgan fingerprint density at radius 1 is 1.25 bits per heavy atom. The molecule has 1 N–H and O–H groups in total. The molecule has 4 nitrogen and oxygen atoms in total. The molecule has 1 aromatic carbocycles. The minimum Gasteiger partial charge on any atom is -0.506 e. The zero-order valence-corrected chi connectivity index (χ0v) is 11.2. The molecule has 0 atom stereocenters. The molecule has 0 saturated heterocycles. The van der Waals surface area contributed by atoms with Gasteiger partial charge in [0.25, 0.3) is 0 Å². The molecule has 3 aromatic rings. The lowest BCUT2D eigenvalue weighted by atomic mass is 10.2. The molecule has 0 saturated carbocycles. The van der Waals surface area contributed by atoms with Crippen molar-refractivity contribution in [3.63, 3.8) is 0 Å². The molecule has 3 rings (SSSR count). The first-order valence-electron chi connectivity index (χ1n) is 6.39. The lowest BCUT2D eigenvalue weighted by Crippen LogP contribution is -2.03. The summed E-state index contributed by atoms with van der Waals surface area (Å²) >= 11 is 0. The van der Waals surface area contributed by atoms with E-state index in [0.717, 1.165) is 5.52 Å². The van der Waals surface area contributed by atoms with Crippen molar-refractivity contribution >= 4 is 11.0 Å². The van der Waals surface area contributed by atoms with E-state index in [-0.39, 0.29) is 17.6 Å². The molecule has 20 heavy (non-hydrogen) atoms. The normalized spacial score (nSPS) is 11.4. The number of nitrogens with zero attached hydrogens (tertiary/aromatic N) is 3. The Morgan fingerprint density at radius 3 is 2.75 bits per heavy atom. The number of aromatic nitrogens is 3. The van der Waals surface area contributed by atoms with Gasteiger partial charge in [0, 0.05) is 17.8 Å². The van der Waals surface area contributed by atoms with Crippen LogP contribution in [0.2, 0.25) is 0 Å². The second-order valence-electron chi connectivity index (χ2n) is 4.94. The molecular weight excluding hydrogens is 257 g/mol. The van der Waals surface area contributed by atoms with Gasteiger partial charge >= 0.3 is 0 Å². The number of hydrogen-bond donors (Lipinski definition) is 1. The smallest absolute Gasteiger partial charge is 0.151 e. The standard InChI is InChI=1S/C15H14FN3O/c1-9(2)19-13-5-3-4-12(16)14(13)18-15(19)10-6-11(20)8-17-7-10/h3-9,20H,1-2H3. The van der Waals surface area contributed by atoms with Gasteiger partial charge in [0.15, 0.2) is 5.82 Å². The number of hydrogen-bond acceptors (Lipinski definition) is 3. The fraction of sp³-hybridized carbons (Fsp3) is 0.200. The summed E-state index contributed by atoms with van der Waals surface area (Å²) in [6, 6.07) is 6.59. The van der Waals surface area contributed by atoms with E-state index in [1.54, 1.807) is 18.3 Å². The Hall–Kier alpha value is -2.43. The van der Waals surface area contributed by atoms with E-state index in [4.69, 9.17) is 0 Å². The van der Waals surface area contributed by atoms with Crippen LogP contribution in [0.1, 0.15) is 19.9 Å². The molecule has 2 heterocycles. The topological polar surface area (TPSA) is 50.9 Å². The van der Waals surface area contributed by atoms with Gasteiger partial charge in [-0.3, -0.25) is 4.98 Å². The van der Waals surface area contributed by atoms with E-state index in [2.05, 4.69) is 9.97 Å². The van der Waals surface area contributed by atoms with E-state index >= 15 is 0 Å². The van der Waals surface area contributed by atoms with Crippen LogP contribution < -0.4 is 0 Å². The number of fused-ring (bicyclic) bond motifs is 1. The summed E-state index contributed by atoms with van der Waals surface area (Å²) in [5.41, 5.74) is 1.73. The molecule has 0 amide bonds.